The van der Waals surface area contributed by atoms with Crippen LogP contribution in [0.25, 0.3) is 10.8 Å². The Balaban J connectivity index is 1.77. The molecule has 2 heterocycles. The van der Waals surface area contributed by atoms with Gasteiger partial charge in [-0.1, -0.05) is 35.9 Å². The van der Waals surface area contributed by atoms with Crippen LogP contribution in [0.4, 0.5) is 0 Å². The summed E-state index contributed by atoms with van der Waals surface area (Å²) >= 11 is 6.12. The number of carbonyl (C=O) groups is 1. The highest BCUT2D eigenvalue weighted by Crippen LogP contribution is 2.22. The maximum atomic E-state index is 12.1. The van der Waals surface area contributed by atoms with E-state index < -0.39 is 0 Å². The number of carbonyl (C=O) groups excluding carboxylic acids is 1. The van der Waals surface area contributed by atoms with Crippen molar-refractivity contribution in [1.29, 1.82) is 0 Å². The molecule has 1 aliphatic heterocycles. The number of nitrogens with one attached hydrogen (secondary N) is 1. The molecule has 1 saturated heterocycles. The topological polar surface area (TPSA) is 51.2 Å². The Hall–Kier alpha value is -1.65. The van der Waals surface area contributed by atoms with Crippen molar-refractivity contribution in [3.8, 4) is 0 Å². The molecule has 1 amide bonds. The average Bonchev–Trinajstić information content (AvgIpc) is 2.98. The van der Waals surface area contributed by atoms with Crippen LogP contribution in [0.15, 0.2) is 30.3 Å². The number of aromatic nitrogens is 1. The second-order valence-corrected chi connectivity index (χ2v) is 5.22. The Morgan fingerprint density at radius 2 is 2.30 bits per heavy atom. The zero-order chi connectivity index (χ0) is 13.9. The summed E-state index contributed by atoms with van der Waals surface area (Å²) in [5.74, 6) is -0.215. The third kappa shape index (κ3) is 2.76. The molecule has 0 unspecified atom stereocenters. The van der Waals surface area contributed by atoms with Crippen LogP contribution in [0.1, 0.15) is 23.3 Å². The number of pyridine rings is 1. The normalized spacial score (nSPS) is 18.4. The second kappa shape index (κ2) is 5.77. The van der Waals surface area contributed by atoms with Gasteiger partial charge < -0.3 is 10.1 Å². The number of ether oxygens (including phenoxy) is 1. The maximum absolute atomic E-state index is 12.1. The molecule has 0 saturated carbocycles. The first-order valence-corrected chi connectivity index (χ1v) is 7.07. The van der Waals surface area contributed by atoms with Crippen molar-refractivity contribution in [2.24, 2.45) is 0 Å². The number of halogens is 1. The Labute approximate surface area is 122 Å². The molecule has 1 fully saturated rings. The molecular weight excluding hydrogens is 276 g/mol. The molecule has 0 aliphatic carbocycles. The minimum absolute atomic E-state index is 0.120. The van der Waals surface area contributed by atoms with E-state index >= 15 is 0 Å². The van der Waals surface area contributed by atoms with Crippen molar-refractivity contribution < 1.29 is 9.53 Å². The van der Waals surface area contributed by atoms with Crippen molar-refractivity contribution in [2.75, 3.05) is 13.2 Å². The highest BCUT2D eigenvalue weighted by Gasteiger charge is 2.17. The first kappa shape index (κ1) is 13.3. The number of amides is 1. The predicted octanol–water partition coefficient (Wildman–Crippen LogP) is 2.80. The first-order chi connectivity index (χ1) is 9.74. The fourth-order valence-corrected chi connectivity index (χ4v) is 2.64. The Morgan fingerprint density at radius 1 is 1.45 bits per heavy atom. The molecule has 0 spiro atoms. The van der Waals surface area contributed by atoms with E-state index in [0.29, 0.717) is 17.4 Å². The number of fused-ring (bicyclic) bond motifs is 1. The van der Waals surface area contributed by atoms with Crippen molar-refractivity contribution in [3.05, 3.63) is 41.2 Å². The summed E-state index contributed by atoms with van der Waals surface area (Å²) in [7, 11) is 0. The first-order valence-electron chi connectivity index (χ1n) is 6.69. The summed E-state index contributed by atoms with van der Waals surface area (Å²) in [5, 5.41) is 4.96. The monoisotopic (exact) mass is 290 g/mol. The largest absolute Gasteiger partial charge is 0.376 e. The molecule has 0 bridgehead atoms. The molecule has 0 radical (unpaired) electrons. The summed E-state index contributed by atoms with van der Waals surface area (Å²) < 4.78 is 5.47. The van der Waals surface area contributed by atoms with E-state index in [1.165, 1.54) is 0 Å². The molecular formula is C15H15ClN2O2. The van der Waals surface area contributed by atoms with Crippen molar-refractivity contribution in [2.45, 2.75) is 18.9 Å². The SMILES string of the molecule is O=C(NC[C@H]1CCCO1)c1cc2ccccc2c(Cl)n1. The van der Waals surface area contributed by atoms with Crippen LogP contribution < -0.4 is 5.32 Å². The zero-order valence-corrected chi connectivity index (χ0v) is 11.7. The van der Waals surface area contributed by atoms with Crippen molar-refractivity contribution in [3.63, 3.8) is 0 Å². The molecule has 1 aromatic heterocycles. The maximum Gasteiger partial charge on any atom is 0.270 e. The van der Waals surface area contributed by atoms with Gasteiger partial charge in [-0.05, 0) is 24.3 Å². The lowest BCUT2D eigenvalue weighted by Crippen LogP contribution is -2.32. The summed E-state index contributed by atoms with van der Waals surface area (Å²) in [6.45, 7) is 1.30. The van der Waals surface area contributed by atoms with Gasteiger partial charge in [0.2, 0.25) is 0 Å². The predicted molar refractivity (Wildman–Crippen MR) is 78.1 cm³/mol. The zero-order valence-electron chi connectivity index (χ0n) is 10.9. The fraction of sp³-hybridized carbons (Fsp3) is 0.333. The molecule has 5 heteroatoms. The molecule has 1 aliphatic rings. The third-order valence-electron chi connectivity index (χ3n) is 3.44. The standard InChI is InChI=1S/C15H15ClN2O2/c16-14-12-6-2-1-4-10(12)8-13(18-14)15(19)17-9-11-5-3-7-20-11/h1-2,4,6,8,11H,3,5,7,9H2,(H,17,19)/t11-/m1/s1. The second-order valence-electron chi connectivity index (χ2n) is 4.86. The molecule has 1 N–H and O–H groups in total. The number of benzene rings is 1. The minimum Gasteiger partial charge on any atom is -0.376 e. The number of hydrogen-bond acceptors (Lipinski definition) is 3. The van der Waals surface area contributed by atoms with Crippen LogP contribution >= 0.6 is 11.6 Å². The van der Waals surface area contributed by atoms with E-state index in [1.54, 1.807) is 6.07 Å². The highest BCUT2D eigenvalue weighted by atomic mass is 35.5. The fourth-order valence-electron chi connectivity index (χ4n) is 2.38. The van der Waals surface area contributed by atoms with Gasteiger partial charge in [0, 0.05) is 18.5 Å². The van der Waals surface area contributed by atoms with Gasteiger partial charge in [-0.25, -0.2) is 4.98 Å². The van der Waals surface area contributed by atoms with Gasteiger partial charge in [0.05, 0.1) is 6.10 Å². The number of hydrogen-bond donors (Lipinski definition) is 1. The van der Waals surface area contributed by atoms with Crippen LogP contribution in [0, 0.1) is 0 Å². The Bertz CT molecular complexity index is 639. The summed E-state index contributed by atoms with van der Waals surface area (Å²) in [6.07, 6.45) is 2.17. The summed E-state index contributed by atoms with van der Waals surface area (Å²) in [6, 6.07) is 9.37. The smallest absolute Gasteiger partial charge is 0.270 e. The van der Waals surface area contributed by atoms with Gasteiger partial charge in [-0.3, -0.25) is 4.79 Å². The molecule has 2 aromatic rings. The van der Waals surface area contributed by atoms with Crippen molar-refractivity contribution in [1.82, 2.24) is 10.3 Å². The van der Waals surface area contributed by atoms with Crippen LogP contribution in [0.3, 0.4) is 0 Å². The van der Waals surface area contributed by atoms with Gasteiger partial charge in [-0.15, -0.1) is 0 Å². The van der Waals surface area contributed by atoms with E-state index in [9.17, 15) is 4.79 Å². The molecule has 1 aromatic carbocycles. The molecule has 4 nitrogen and oxygen atoms in total. The van der Waals surface area contributed by atoms with E-state index in [-0.39, 0.29) is 12.0 Å². The summed E-state index contributed by atoms with van der Waals surface area (Å²) in [4.78, 5) is 16.3. The molecule has 20 heavy (non-hydrogen) atoms. The number of nitrogens with zero attached hydrogens (tertiary/aromatic N) is 1. The molecule has 104 valence electrons. The van der Waals surface area contributed by atoms with E-state index in [4.69, 9.17) is 16.3 Å². The van der Waals surface area contributed by atoms with Crippen LogP contribution in [-0.2, 0) is 4.74 Å². The van der Waals surface area contributed by atoms with Crippen LogP contribution in [-0.4, -0.2) is 30.1 Å². The van der Waals surface area contributed by atoms with Crippen molar-refractivity contribution >= 4 is 28.3 Å². The lowest BCUT2D eigenvalue weighted by atomic mass is 10.1. The van der Waals surface area contributed by atoms with Gasteiger partial charge >= 0.3 is 0 Å². The molecule has 3 rings (SSSR count). The van der Waals surface area contributed by atoms with E-state index in [1.807, 2.05) is 24.3 Å². The van der Waals surface area contributed by atoms with Gasteiger partial charge in [-0.2, -0.15) is 0 Å². The third-order valence-corrected chi connectivity index (χ3v) is 3.73. The molecule has 1 atom stereocenters. The van der Waals surface area contributed by atoms with Gasteiger partial charge in [0.1, 0.15) is 10.8 Å². The average molecular weight is 291 g/mol. The quantitative estimate of drug-likeness (QED) is 0.885. The summed E-state index contributed by atoms with van der Waals surface area (Å²) in [5.41, 5.74) is 0.340. The Morgan fingerprint density at radius 3 is 3.10 bits per heavy atom. The lowest BCUT2D eigenvalue weighted by Gasteiger charge is -2.11. The van der Waals surface area contributed by atoms with Gasteiger partial charge in [0.25, 0.3) is 5.91 Å². The number of rotatable bonds is 3. The van der Waals surface area contributed by atoms with E-state index in [2.05, 4.69) is 10.3 Å². The van der Waals surface area contributed by atoms with Gasteiger partial charge in [0.15, 0.2) is 0 Å². The van der Waals surface area contributed by atoms with Crippen LogP contribution in [0.2, 0.25) is 5.15 Å². The minimum atomic E-state index is -0.215. The Kier molecular flexibility index (Phi) is 3.85. The lowest BCUT2D eigenvalue weighted by molar-refractivity contribution is 0.0854. The highest BCUT2D eigenvalue weighted by molar-refractivity contribution is 6.34. The van der Waals surface area contributed by atoms with Crippen LogP contribution in [0.5, 0.6) is 0 Å². The van der Waals surface area contributed by atoms with E-state index in [0.717, 1.165) is 30.2 Å².